The Balaban J connectivity index is 2.65. The van der Waals surface area contributed by atoms with E-state index in [4.69, 9.17) is 35.4 Å². The second-order valence-electron chi connectivity index (χ2n) is 5.09. The van der Waals surface area contributed by atoms with Gasteiger partial charge in [-0.3, -0.25) is 4.79 Å². The first-order valence-corrected chi connectivity index (χ1v) is 9.55. The van der Waals surface area contributed by atoms with Crippen LogP contribution in [-0.2, 0) is 4.79 Å². The van der Waals surface area contributed by atoms with E-state index in [1.165, 1.54) is 11.8 Å². The van der Waals surface area contributed by atoms with Gasteiger partial charge in [-0.25, -0.2) is 0 Å². The predicted molar refractivity (Wildman–Crippen MR) is 106 cm³/mol. The Morgan fingerprint density at radius 1 is 1.30 bits per heavy atom. The Bertz CT molecular complexity index is 565. The lowest BCUT2D eigenvalue weighted by Crippen LogP contribution is -2.36. The minimum absolute atomic E-state index is 0.0666. The summed E-state index contributed by atoms with van der Waals surface area (Å²) in [5.74, 6) is -0.0666. The van der Waals surface area contributed by atoms with Crippen molar-refractivity contribution < 1.29 is 4.79 Å². The van der Waals surface area contributed by atoms with Gasteiger partial charge in [-0.15, -0.1) is 0 Å². The standard InChI is InChI=1S/C16H22Cl2N2OS2/c1-5-20(6-2)16(22)23-11(4)15(21)19-10(3)13-8-7-12(17)9-14(13)18/h7-11H,5-6H2,1-4H3,(H,19,21). The van der Waals surface area contributed by atoms with Gasteiger partial charge in [0.05, 0.1) is 11.3 Å². The molecule has 1 aromatic carbocycles. The normalized spacial score (nSPS) is 13.3. The van der Waals surface area contributed by atoms with Crippen LogP contribution in [0.25, 0.3) is 0 Å². The Hall–Kier alpha value is -0.490. The van der Waals surface area contributed by atoms with Crippen LogP contribution >= 0.6 is 47.2 Å². The van der Waals surface area contributed by atoms with E-state index in [0.29, 0.717) is 10.0 Å². The predicted octanol–water partition coefficient (Wildman–Crippen LogP) is 4.92. The number of carbonyl (C=O) groups is 1. The molecule has 1 amide bonds. The Morgan fingerprint density at radius 3 is 2.43 bits per heavy atom. The molecule has 0 saturated carbocycles. The molecule has 7 heteroatoms. The summed E-state index contributed by atoms with van der Waals surface area (Å²) >= 11 is 18.9. The molecule has 0 aromatic heterocycles. The van der Waals surface area contributed by atoms with Crippen LogP contribution in [0.2, 0.25) is 10.0 Å². The van der Waals surface area contributed by atoms with Crippen molar-refractivity contribution in [2.24, 2.45) is 0 Å². The monoisotopic (exact) mass is 392 g/mol. The minimum atomic E-state index is -0.267. The van der Waals surface area contributed by atoms with Crippen molar-refractivity contribution in [1.29, 1.82) is 0 Å². The molecule has 0 saturated heterocycles. The minimum Gasteiger partial charge on any atom is -0.358 e. The third-order valence-corrected chi connectivity index (χ3v) is 5.59. The highest BCUT2D eigenvalue weighted by molar-refractivity contribution is 8.23. The molecule has 2 unspecified atom stereocenters. The number of nitrogens with one attached hydrogen (secondary N) is 1. The molecule has 1 rings (SSSR count). The van der Waals surface area contributed by atoms with Gasteiger partial charge in [0.15, 0.2) is 0 Å². The van der Waals surface area contributed by atoms with Crippen molar-refractivity contribution in [1.82, 2.24) is 10.2 Å². The maximum atomic E-state index is 12.4. The molecule has 0 radical (unpaired) electrons. The lowest BCUT2D eigenvalue weighted by atomic mass is 10.1. The Labute approximate surface area is 158 Å². The largest absolute Gasteiger partial charge is 0.358 e. The van der Waals surface area contributed by atoms with Gasteiger partial charge in [0.2, 0.25) is 5.91 Å². The number of benzene rings is 1. The zero-order valence-corrected chi connectivity index (χ0v) is 16.9. The fourth-order valence-electron chi connectivity index (χ4n) is 2.02. The van der Waals surface area contributed by atoms with E-state index < -0.39 is 0 Å². The van der Waals surface area contributed by atoms with Gasteiger partial charge >= 0.3 is 0 Å². The van der Waals surface area contributed by atoms with Crippen LogP contribution in [0.4, 0.5) is 0 Å². The number of nitrogens with zero attached hydrogens (tertiary/aromatic N) is 1. The molecular formula is C16H22Cl2N2OS2. The van der Waals surface area contributed by atoms with E-state index in [2.05, 4.69) is 10.2 Å². The highest BCUT2D eigenvalue weighted by atomic mass is 35.5. The number of halogens is 2. The van der Waals surface area contributed by atoms with Crippen molar-refractivity contribution in [3.8, 4) is 0 Å². The molecule has 128 valence electrons. The van der Waals surface area contributed by atoms with Crippen LogP contribution < -0.4 is 5.32 Å². The van der Waals surface area contributed by atoms with Crippen molar-refractivity contribution in [3.05, 3.63) is 33.8 Å². The van der Waals surface area contributed by atoms with E-state index in [0.717, 1.165) is 23.0 Å². The molecule has 0 aliphatic heterocycles. The number of thiocarbonyl (C=S) groups is 1. The van der Waals surface area contributed by atoms with Gasteiger partial charge in [0.25, 0.3) is 0 Å². The van der Waals surface area contributed by atoms with Gasteiger partial charge in [-0.2, -0.15) is 0 Å². The molecule has 0 aliphatic rings. The van der Waals surface area contributed by atoms with E-state index in [1.807, 2.05) is 33.8 Å². The maximum Gasteiger partial charge on any atom is 0.233 e. The summed E-state index contributed by atoms with van der Waals surface area (Å²) in [6, 6.07) is 5.07. The fraction of sp³-hybridized carbons (Fsp3) is 0.500. The van der Waals surface area contributed by atoms with E-state index in [-0.39, 0.29) is 17.2 Å². The van der Waals surface area contributed by atoms with Gasteiger partial charge in [-0.1, -0.05) is 53.2 Å². The number of rotatable bonds is 6. The maximum absolute atomic E-state index is 12.4. The van der Waals surface area contributed by atoms with Crippen LogP contribution in [0.15, 0.2) is 18.2 Å². The zero-order valence-electron chi connectivity index (χ0n) is 13.7. The second-order valence-corrected chi connectivity index (χ2v) is 7.91. The molecule has 3 nitrogen and oxygen atoms in total. The van der Waals surface area contributed by atoms with Gasteiger partial charge in [-0.05, 0) is 45.4 Å². The van der Waals surface area contributed by atoms with Crippen LogP contribution in [-0.4, -0.2) is 33.5 Å². The first kappa shape index (κ1) is 20.6. The summed E-state index contributed by atoms with van der Waals surface area (Å²) < 4.78 is 0.745. The van der Waals surface area contributed by atoms with Crippen LogP contribution in [0, 0.1) is 0 Å². The first-order valence-electron chi connectivity index (χ1n) is 7.51. The Kier molecular flexibility index (Phi) is 8.69. The first-order chi connectivity index (χ1) is 10.8. The summed E-state index contributed by atoms with van der Waals surface area (Å²) in [7, 11) is 0. The van der Waals surface area contributed by atoms with Crippen molar-refractivity contribution >= 4 is 57.4 Å². The third-order valence-electron chi connectivity index (χ3n) is 3.46. The quantitative estimate of drug-likeness (QED) is 0.696. The molecule has 1 aromatic rings. The average molecular weight is 393 g/mol. The molecule has 0 bridgehead atoms. The van der Waals surface area contributed by atoms with E-state index >= 15 is 0 Å². The fourth-order valence-corrected chi connectivity index (χ4v) is 4.17. The van der Waals surface area contributed by atoms with Crippen LogP contribution in [0.5, 0.6) is 0 Å². The molecule has 0 fully saturated rings. The number of hydrogen-bond acceptors (Lipinski definition) is 3. The smallest absolute Gasteiger partial charge is 0.233 e. The van der Waals surface area contributed by atoms with Crippen LogP contribution in [0.3, 0.4) is 0 Å². The number of carbonyl (C=O) groups excluding carboxylic acids is 1. The lowest BCUT2D eigenvalue weighted by molar-refractivity contribution is -0.120. The van der Waals surface area contributed by atoms with E-state index in [9.17, 15) is 4.79 Å². The zero-order chi connectivity index (χ0) is 17.6. The molecule has 0 spiro atoms. The summed E-state index contributed by atoms with van der Waals surface area (Å²) in [4.78, 5) is 14.4. The van der Waals surface area contributed by atoms with Crippen LogP contribution in [0.1, 0.15) is 39.3 Å². The highest BCUT2D eigenvalue weighted by Gasteiger charge is 2.21. The second kappa shape index (κ2) is 9.72. The highest BCUT2D eigenvalue weighted by Crippen LogP contribution is 2.26. The SMILES string of the molecule is CCN(CC)C(=S)SC(C)C(=O)NC(C)c1ccc(Cl)cc1Cl. The lowest BCUT2D eigenvalue weighted by Gasteiger charge is -2.24. The molecular weight excluding hydrogens is 371 g/mol. The molecule has 1 N–H and O–H groups in total. The summed E-state index contributed by atoms with van der Waals surface area (Å²) in [5, 5.41) is 3.82. The summed E-state index contributed by atoms with van der Waals surface area (Å²) in [5.41, 5.74) is 0.841. The molecule has 2 atom stereocenters. The van der Waals surface area contributed by atoms with Crippen molar-refractivity contribution in [3.63, 3.8) is 0 Å². The number of hydrogen-bond donors (Lipinski definition) is 1. The molecule has 0 heterocycles. The van der Waals surface area contributed by atoms with Crippen molar-refractivity contribution in [2.75, 3.05) is 13.1 Å². The number of thioether (sulfide) groups is 1. The summed E-state index contributed by atoms with van der Waals surface area (Å²) in [6.07, 6.45) is 0. The van der Waals surface area contributed by atoms with Gasteiger partial charge in [0, 0.05) is 23.1 Å². The third kappa shape index (κ3) is 6.14. The summed E-state index contributed by atoms with van der Waals surface area (Å²) in [6.45, 7) is 9.53. The van der Waals surface area contributed by atoms with Gasteiger partial charge < -0.3 is 10.2 Å². The molecule has 23 heavy (non-hydrogen) atoms. The topological polar surface area (TPSA) is 32.3 Å². The molecule has 0 aliphatic carbocycles. The Morgan fingerprint density at radius 2 is 1.91 bits per heavy atom. The van der Waals surface area contributed by atoms with Crippen molar-refractivity contribution in [2.45, 2.75) is 39.0 Å². The number of amides is 1. The average Bonchev–Trinajstić information content (AvgIpc) is 2.47. The van der Waals surface area contributed by atoms with Gasteiger partial charge in [0.1, 0.15) is 4.32 Å². The van der Waals surface area contributed by atoms with E-state index in [1.54, 1.807) is 12.1 Å².